The number of hydrogen-bond acceptors (Lipinski definition) is 3. The van der Waals surface area contributed by atoms with Crippen LogP contribution in [0, 0.1) is 0 Å². The Morgan fingerprint density at radius 3 is 2.29 bits per heavy atom. The maximum Gasteiger partial charge on any atom is 0.168 e. The molecule has 7 rings (SSSR count). The predicted octanol–water partition coefficient (Wildman–Crippen LogP) is 9.49. The molecule has 0 bridgehead atoms. The molecule has 0 radical (unpaired) electrons. The summed E-state index contributed by atoms with van der Waals surface area (Å²) in [7, 11) is 0. The Bertz CT molecular complexity index is 1940. The van der Waals surface area contributed by atoms with Gasteiger partial charge >= 0.3 is 0 Å². The molecule has 3 nitrogen and oxygen atoms in total. The van der Waals surface area contributed by atoms with Gasteiger partial charge in [-0.3, -0.25) is 4.40 Å². The van der Waals surface area contributed by atoms with Gasteiger partial charge in [0, 0.05) is 37.3 Å². The molecule has 0 N–H and O–H groups in total. The molecule has 0 saturated carbocycles. The van der Waals surface area contributed by atoms with Gasteiger partial charge < -0.3 is 0 Å². The van der Waals surface area contributed by atoms with Gasteiger partial charge in [-0.15, -0.1) is 21.5 Å². The summed E-state index contributed by atoms with van der Waals surface area (Å²) in [5.41, 5.74) is 7.38. The summed E-state index contributed by atoms with van der Waals surface area (Å²) in [5, 5.41) is 14.2. The van der Waals surface area contributed by atoms with Crippen LogP contribution in [0.4, 0.5) is 0 Å². The van der Waals surface area contributed by atoms with Gasteiger partial charge in [0.2, 0.25) is 0 Å². The van der Waals surface area contributed by atoms with Crippen molar-refractivity contribution in [3.05, 3.63) is 102 Å². The summed E-state index contributed by atoms with van der Waals surface area (Å²) in [4.78, 5) is 0. The molecule has 0 saturated heterocycles. The van der Waals surface area contributed by atoms with Crippen molar-refractivity contribution >= 4 is 47.9 Å². The maximum atomic E-state index is 4.57. The fraction of sp³-hybridized carbons (Fsp3) is 0.176. The lowest BCUT2D eigenvalue weighted by Crippen LogP contribution is -1.91. The number of rotatable bonds is 6. The molecule has 7 aromatic rings. The fourth-order valence-corrected chi connectivity index (χ4v) is 6.89. The second kappa shape index (κ2) is 9.38. The monoisotopic (exact) mass is 511 g/mol. The van der Waals surface area contributed by atoms with E-state index in [1.807, 2.05) is 11.3 Å². The first-order valence-corrected chi connectivity index (χ1v) is 14.4. The largest absolute Gasteiger partial charge is 0.282 e. The Labute approximate surface area is 226 Å². The van der Waals surface area contributed by atoms with Gasteiger partial charge in [-0.05, 0) is 70.8 Å². The first-order valence-electron chi connectivity index (χ1n) is 13.5. The van der Waals surface area contributed by atoms with Gasteiger partial charge in [-0.25, -0.2) is 0 Å². The zero-order valence-corrected chi connectivity index (χ0v) is 22.6. The molecule has 3 aromatic heterocycles. The van der Waals surface area contributed by atoms with Crippen molar-refractivity contribution in [3.8, 4) is 22.5 Å². The van der Waals surface area contributed by atoms with Gasteiger partial charge in [-0.2, -0.15) is 0 Å². The van der Waals surface area contributed by atoms with Crippen LogP contribution in [-0.4, -0.2) is 14.6 Å². The highest BCUT2D eigenvalue weighted by atomic mass is 32.1. The van der Waals surface area contributed by atoms with Crippen molar-refractivity contribution in [1.29, 1.82) is 0 Å². The molecule has 0 fully saturated rings. The number of benzene rings is 4. The second-order valence-corrected chi connectivity index (χ2v) is 11.2. The maximum absolute atomic E-state index is 4.57. The Hall–Kier alpha value is -4.02. The fourth-order valence-electron chi connectivity index (χ4n) is 5.69. The highest BCUT2D eigenvalue weighted by Gasteiger charge is 2.15. The molecule has 0 aliphatic heterocycles. The zero-order chi connectivity index (χ0) is 25.6. The van der Waals surface area contributed by atoms with Gasteiger partial charge in [0.25, 0.3) is 0 Å². The highest BCUT2D eigenvalue weighted by Crippen LogP contribution is 2.42. The Kier molecular flexibility index (Phi) is 5.70. The number of pyridine rings is 1. The van der Waals surface area contributed by atoms with Crippen LogP contribution in [0.3, 0.4) is 0 Å². The van der Waals surface area contributed by atoms with E-state index >= 15 is 0 Å². The van der Waals surface area contributed by atoms with Crippen LogP contribution in [0.2, 0.25) is 0 Å². The van der Waals surface area contributed by atoms with E-state index in [-0.39, 0.29) is 0 Å². The quantitative estimate of drug-likeness (QED) is 0.222. The van der Waals surface area contributed by atoms with E-state index in [1.165, 1.54) is 54.2 Å². The number of aromatic nitrogens is 3. The minimum Gasteiger partial charge on any atom is -0.282 e. The number of fused-ring (bicyclic) bond motifs is 6. The zero-order valence-electron chi connectivity index (χ0n) is 21.7. The smallest absolute Gasteiger partial charge is 0.168 e. The molecule has 3 heterocycles. The summed E-state index contributed by atoms with van der Waals surface area (Å²) in [6, 6.07) is 31.2. The van der Waals surface area contributed by atoms with Crippen molar-refractivity contribution in [2.45, 2.75) is 39.5 Å². The molecule has 38 heavy (non-hydrogen) atoms. The highest BCUT2D eigenvalue weighted by molar-refractivity contribution is 7.26. The molecule has 0 atom stereocenters. The summed E-state index contributed by atoms with van der Waals surface area (Å²) in [6.45, 7) is 4.51. The van der Waals surface area contributed by atoms with Crippen LogP contribution in [0.1, 0.15) is 37.8 Å². The van der Waals surface area contributed by atoms with E-state index in [2.05, 4.69) is 120 Å². The lowest BCUT2D eigenvalue weighted by Gasteiger charge is -2.09. The van der Waals surface area contributed by atoms with Gasteiger partial charge in [0.15, 0.2) is 11.5 Å². The predicted molar refractivity (Wildman–Crippen MR) is 162 cm³/mol. The first kappa shape index (κ1) is 23.1. The van der Waals surface area contributed by atoms with Crippen LogP contribution >= 0.6 is 11.3 Å². The van der Waals surface area contributed by atoms with Crippen LogP contribution < -0.4 is 0 Å². The van der Waals surface area contributed by atoms with Crippen LogP contribution in [0.25, 0.3) is 59.1 Å². The third-order valence-corrected chi connectivity index (χ3v) is 8.75. The van der Waals surface area contributed by atoms with Crippen molar-refractivity contribution in [2.24, 2.45) is 0 Å². The standard InChI is InChI=1S/C34H29N3S/c1-3-7-22-11-16-31-29(19-22)30-21-23(8-4-2)20-28(32(30)38-31)25-12-14-26(15-13-25)33-35-36-34-27-10-6-5-9-24(27)17-18-37(33)34/h5-6,9-21H,3-4,7-8H2,1-2H3. The molecule has 0 unspecified atom stereocenters. The normalized spacial score (nSPS) is 11.8. The number of hydrogen-bond donors (Lipinski definition) is 0. The van der Waals surface area contributed by atoms with E-state index in [1.54, 1.807) is 0 Å². The van der Waals surface area contributed by atoms with E-state index in [9.17, 15) is 0 Å². The van der Waals surface area contributed by atoms with Crippen molar-refractivity contribution in [2.75, 3.05) is 0 Å². The SMILES string of the molecule is CCCc1ccc2sc3c(-c4ccc(-c5nnc6c7ccccc7ccn56)cc4)cc(CCC)cc3c2c1. The van der Waals surface area contributed by atoms with Crippen LogP contribution in [0.5, 0.6) is 0 Å². The molecular weight excluding hydrogens is 482 g/mol. The third-order valence-electron chi connectivity index (χ3n) is 7.53. The van der Waals surface area contributed by atoms with Gasteiger partial charge in [-0.1, -0.05) is 81.3 Å². The molecule has 0 aliphatic rings. The molecule has 0 spiro atoms. The second-order valence-electron chi connectivity index (χ2n) is 10.2. The van der Waals surface area contributed by atoms with Crippen molar-refractivity contribution in [3.63, 3.8) is 0 Å². The molecule has 186 valence electrons. The Morgan fingerprint density at radius 2 is 1.45 bits per heavy atom. The summed E-state index contributed by atoms with van der Waals surface area (Å²) in [5.74, 6) is 0.868. The molecule has 4 heteroatoms. The minimum absolute atomic E-state index is 0.868. The lowest BCUT2D eigenvalue weighted by molar-refractivity contribution is 0.923. The van der Waals surface area contributed by atoms with E-state index in [0.717, 1.165) is 41.7 Å². The average Bonchev–Trinajstić information content (AvgIpc) is 3.55. The van der Waals surface area contributed by atoms with Crippen LogP contribution in [0.15, 0.2) is 91.1 Å². The van der Waals surface area contributed by atoms with Crippen LogP contribution in [-0.2, 0) is 12.8 Å². The topological polar surface area (TPSA) is 30.2 Å². The number of thiophene rings is 1. The first-order chi connectivity index (χ1) is 18.7. The van der Waals surface area contributed by atoms with Crippen molar-refractivity contribution in [1.82, 2.24) is 14.6 Å². The van der Waals surface area contributed by atoms with Gasteiger partial charge in [0.1, 0.15) is 0 Å². The lowest BCUT2D eigenvalue weighted by atomic mass is 9.96. The summed E-state index contributed by atoms with van der Waals surface area (Å²) in [6.07, 6.45) is 6.60. The average molecular weight is 512 g/mol. The number of nitrogens with zero attached hydrogens (tertiary/aromatic N) is 3. The molecule has 4 aromatic carbocycles. The Morgan fingerprint density at radius 1 is 0.684 bits per heavy atom. The number of aryl methyl sites for hydroxylation is 2. The van der Waals surface area contributed by atoms with E-state index in [4.69, 9.17) is 0 Å². The molecular formula is C34H29N3S. The molecule has 0 amide bonds. The third kappa shape index (κ3) is 3.79. The van der Waals surface area contributed by atoms with Gasteiger partial charge in [0.05, 0.1) is 0 Å². The molecule has 0 aliphatic carbocycles. The van der Waals surface area contributed by atoms with E-state index < -0.39 is 0 Å². The summed E-state index contributed by atoms with van der Waals surface area (Å²) < 4.78 is 4.84. The minimum atomic E-state index is 0.868. The van der Waals surface area contributed by atoms with E-state index in [0.29, 0.717) is 0 Å². The van der Waals surface area contributed by atoms with Crippen molar-refractivity contribution < 1.29 is 0 Å². The summed E-state index contributed by atoms with van der Waals surface area (Å²) >= 11 is 1.92. The Balaban J connectivity index is 1.35.